The molecule has 4 rings (SSSR count). The highest BCUT2D eigenvalue weighted by Gasteiger charge is 2.45. The number of methoxy groups -OCH3 is 1. The number of carbonyl (C=O) groups excluding carboxylic acids is 2. The number of hydrogen-bond acceptors (Lipinski definition) is 5. The van der Waals surface area contributed by atoms with E-state index in [-0.39, 0.29) is 6.54 Å². The number of alkyl halides is 3. The Morgan fingerprint density at radius 1 is 1.11 bits per heavy atom. The van der Waals surface area contributed by atoms with E-state index in [9.17, 15) is 22.8 Å². The van der Waals surface area contributed by atoms with Crippen molar-refractivity contribution in [1.29, 1.82) is 0 Å². The van der Waals surface area contributed by atoms with E-state index in [0.717, 1.165) is 20.4 Å². The van der Waals surface area contributed by atoms with Gasteiger partial charge in [0.1, 0.15) is 0 Å². The average molecular weight is 627 g/mol. The van der Waals surface area contributed by atoms with Crippen LogP contribution < -0.4 is 4.31 Å². The first kappa shape index (κ1) is 28.0. The van der Waals surface area contributed by atoms with Crippen LogP contribution in [0.2, 0.25) is 5.02 Å². The molecular weight excluding hydrogens is 607 g/mol. The third-order valence-electron chi connectivity index (χ3n) is 5.96. The van der Waals surface area contributed by atoms with E-state index in [0.29, 0.717) is 28.9 Å². The fraction of sp³-hybridized carbons (Fsp3) is 0.192. The summed E-state index contributed by atoms with van der Waals surface area (Å²) in [6.07, 6.45) is -4.62. The van der Waals surface area contributed by atoms with Crippen molar-refractivity contribution in [2.45, 2.75) is 18.5 Å². The lowest BCUT2D eigenvalue weighted by Crippen LogP contribution is -2.41. The molecule has 0 radical (unpaired) electrons. The van der Waals surface area contributed by atoms with E-state index in [2.05, 4.69) is 21.0 Å². The van der Waals surface area contributed by atoms with Crippen molar-refractivity contribution in [2.24, 2.45) is 5.10 Å². The molecule has 3 aromatic rings. The second-order valence-corrected chi connectivity index (χ2v) is 10.7. The van der Waals surface area contributed by atoms with Crippen molar-refractivity contribution in [1.82, 2.24) is 5.01 Å². The smallest absolute Gasteiger partial charge is 0.417 e. The van der Waals surface area contributed by atoms with E-state index in [1.165, 1.54) is 24.3 Å². The van der Waals surface area contributed by atoms with Crippen LogP contribution in [0.1, 0.15) is 23.6 Å². The third-order valence-corrected chi connectivity index (χ3v) is 7.66. The number of amides is 2. The lowest BCUT2D eigenvalue weighted by molar-refractivity contribution is -0.137. The van der Waals surface area contributed by atoms with E-state index in [1.54, 1.807) is 24.3 Å². The zero-order valence-corrected chi connectivity index (χ0v) is 23.2. The first-order valence-corrected chi connectivity index (χ1v) is 13.0. The van der Waals surface area contributed by atoms with Gasteiger partial charge >= 0.3 is 17.5 Å². The number of benzene rings is 3. The predicted octanol–water partition coefficient (Wildman–Crippen LogP) is 8.14. The van der Waals surface area contributed by atoms with Crippen LogP contribution in [0.25, 0.3) is 0 Å². The summed E-state index contributed by atoms with van der Waals surface area (Å²) < 4.78 is 46.7. The fourth-order valence-electron chi connectivity index (χ4n) is 4.05. The van der Waals surface area contributed by atoms with Gasteiger partial charge in [-0.1, -0.05) is 63.9 Å². The van der Waals surface area contributed by atoms with Gasteiger partial charge in [-0.3, -0.25) is 0 Å². The minimum atomic E-state index is -4.62. The number of halogens is 5. The molecule has 0 aliphatic carbocycles. The minimum absolute atomic E-state index is 0.0541. The second-order valence-electron chi connectivity index (χ2n) is 8.50. The van der Waals surface area contributed by atoms with Crippen molar-refractivity contribution >= 4 is 62.2 Å². The molecule has 0 saturated carbocycles. The summed E-state index contributed by atoms with van der Waals surface area (Å²) in [5.41, 5.74) is 0.0113. The van der Waals surface area contributed by atoms with Gasteiger partial charge < -0.3 is 4.74 Å². The van der Waals surface area contributed by atoms with E-state index < -0.39 is 33.5 Å². The lowest BCUT2D eigenvalue weighted by Gasteiger charge is -2.28. The summed E-state index contributed by atoms with van der Waals surface area (Å²) in [5, 5.41) is 4.55. The van der Waals surface area contributed by atoms with E-state index in [1.807, 2.05) is 37.3 Å². The molecule has 6 nitrogen and oxygen atoms in total. The first-order valence-electron chi connectivity index (χ1n) is 11.1. The summed E-state index contributed by atoms with van der Waals surface area (Å²) in [6.45, 7) is 1.90. The predicted molar refractivity (Wildman–Crippen MR) is 146 cm³/mol. The Bertz CT molecular complexity index is 1390. The molecule has 1 heterocycles. The standard InChI is InChI=1S/C26H20BrClF3N3O3S/c1-25(17-6-4-3-5-7-17)15-33(32-22(25)16-8-13-20(21(28)14-16)26(29,30)31)23(35)34(38-24(36)37-2)19-11-9-18(27)10-12-19/h3-14H,15H2,1-2H3. The van der Waals surface area contributed by atoms with Crippen LogP contribution >= 0.6 is 39.5 Å². The Kier molecular flexibility index (Phi) is 8.10. The first-order chi connectivity index (χ1) is 17.9. The monoisotopic (exact) mass is 625 g/mol. The average Bonchev–Trinajstić information content (AvgIpc) is 3.25. The number of hydrazone groups is 1. The van der Waals surface area contributed by atoms with Gasteiger partial charge in [0.05, 0.1) is 53.0 Å². The molecule has 198 valence electrons. The number of rotatable bonds is 3. The minimum Gasteiger partial charge on any atom is -0.460 e. The molecular formula is C26H20BrClF3N3O3S. The molecule has 1 aliphatic rings. The Labute approximate surface area is 234 Å². The second kappa shape index (κ2) is 11.0. The highest BCUT2D eigenvalue weighted by molar-refractivity contribution is 9.10. The Morgan fingerprint density at radius 2 is 1.76 bits per heavy atom. The molecule has 0 aromatic heterocycles. The third kappa shape index (κ3) is 5.69. The lowest BCUT2D eigenvalue weighted by atomic mass is 9.76. The number of urea groups is 1. The summed E-state index contributed by atoms with van der Waals surface area (Å²) >= 11 is 9.92. The summed E-state index contributed by atoms with van der Waals surface area (Å²) in [7, 11) is 1.20. The van der Waals surface area contributed by atoms with Crippen molar-refractivity contribution in [2.75, 3.05) is 18.0 Å². The van der Waals surface area contributed by atoms with Gasteiger partial charge in [0.25, 0.3) is 0 Å². The molecule has 1 unspecified atom stereocenters. The van der Waals surface area contributed by atoms with Crippen LogP contribution in [0.5, 0.6) is 0 Å². The van der Waals surface area contributed by atoms with Crippen LogP contribution in [0.3, 0.4) is 0 Å². The van der Waals surface area contributed by atoms with Crippen molar-refractivity contribution in [3.8, 4) is 0 Å². The maximum atomic E-state index is 13.8. The van der Waals surface area contributed by atoms with Gasteiger partial charge in [0, 0.05) is 10.0 Å². The summed E-state index contributed by atoms with van der Waals surface area (Å²) in [5.74, 6) is 0. The van der Waals surface area contributed by atoms with Crippen LogP contribution in [0, 0.1) is 0 Å². The van der Waals surface area contributed by atoms with Crippen LogP contribution in [-0.2, 0) is 16.3 Å². The van der Waals surface area contributed by atoms with Gasteiger partial charge in [0.2, 0.25) is 0 Å². The summed E-state index contributed by atoms with van der Waals surface area (Å²) in [6, 6.07) is 18.6. The van der Waals surface area contributed by atoms with E-state index in [4.69, 9.17) is 16.3 Å². The molecule has 1 aliphatic heterocycles. The number of carbonyl (C=O) groups is 2. The maximum Gasteiger partial charge on any atom is 0.417 e. The SMILES string of the molecule is COC(=O)SN(C(=O)N1CC(C)(c2ccccc2)C(c2ccc(C(F)(F)F)c(Cl)c2)=N1)c1ccc(Br)cc1. The van der Waals surface area contributed by atoms with Crippen molar-refractivity contribution in [3.63, 3.8) is 0 Å². The highest BCUT2D eigenvalue weighted by atomic mass is 79.9. The Balaban J connectivity index is 1.79. The van der Waals surface area contributed by atoms with Gasteiger partial charge in [0.15, 0.2) is 0 Å². The molecule has 0 bridgehead atoms. The van der Waals surface area contributed by atoms with Crippen LogP contribution in [0.4, 0.5) is 28.4 Å². The Morgan fingerprint density at radius 3 is 2.34 bits per heavy atom. The topological polar surface area (TPSA) is 62.2 Å². The summed E-state index contributed by atoms with van der Waals surface area (Å²) in [4.78, 5) is 25.9. The molecule has 0 N–H and O–H groups in total. The van der Waals surface area contributed by atoms with Crippen LogP contribution in [0.15, 0.2) is 82.4 Å². The van der Waals surface area contributed by atoms with Gasteiger partial charge in [-0.2, -0.15) is 18.3 Å². The highest BCUT2D eigenvalue weighted by Crippen LogP contribution is 2.40. The van der Waals surface area contributed by atoms with Crippen LogP contribution in [-0.4, -0.2) is 35.7 Å². The zero-order valence-electron chi connectivity index (χ0n) is 20.0. The van der Waals surface area contributed by atoms with Crippen molar-refractivity contribution in [3.05, 3.63) is 99.0 Å². The number of hydrogen-bond donors (Lipinski definition) is 0. The largest absolute Gasteiger partial charge is 0.460 e. The molecule has 38 heavy (non-hydrogen) atoms. The number of nitrogens with zero attached hydrogens (tertiary/aromatic N) is 3. The van der Waals surface area contributed by atoms with Gasteiger partial charge in [-0.25, -0.2) is 18.9 Å². The molecule has 0 fully saturated rings. The normalized spacial score (nSPS) is 17.2. The van der Waals surface area contributed by atoms with Crippen molar-refractivity contribution < 1.29 is 27.5 Å². The Hall–Kier alpha value is -3.02. The number of ether oxygens (including phenoxy) is 1. The molecule has 3 aromatic carbocycles. The number of anilines is 1. The van der Waals surface area contributed by atoms with E-state index >= 15 is 0 Å². The quantitative estimate of drug-likeness (QED) is 0.218. The fourth-order valence-corrected chi connectivity index (χ4v) is 5.22. The molecule has 1 atom stereocenters. The van der Waals surface area contributed by atoms with Gasteiger partial charge in [-0.15, -0.1) is 0 Å². The molecule has 2 amide bonds. The zero-order chi connectivity index (χ0) is 27.7. The molecule has 0 saturated heterocycles. The molecule has 12 heteroatoms. The van der Waals surface area contributed by atoms with Gasteiger partial charge in [-0.05, 0) is 48.9 Å². The maximum absolute atomic E-state index is 13.8. The molecule has 0 spiro atoms.